The average Bonchev–Trinajstić information content (AvgIpc) is 2.68. The molecule has 1 aliphatic rings. The van der Waals surface area contributed by atoms with E-state index in [4.69, 9.17) is 4.74 Å². The minimum absolute atomic E-state index is 0.0483. The molecular formula is C19H21N3O4. The van der Waals surface area contributed by atoms with E-state index in [1.54, 1.807) is 36.3 Å². The first kappa shape index (κ1) is 17.9. The molecule has 0 saturated carbocycles. The van der Waals surface area contributed by atoms with Crippen LogP contribution in [0.2, 0.25) is 0 Å². The third-order valence-corrected chi connectivity index (χ3v) is 4.58. The highest BCUT2D eigenvalue weighted by Gasteiger charge is 2.25. The van der Waals surface area contributed by atoms with E-state index < -0.39 is 0 Å². The van der Waals surface area contributed by atoms with E-state index in [2.05, 4.69) is 4.90 Å². The number of ether oxygens (including phenoxy) is 1. The van der Waals surface area contributed by atoms with Crippen molar-refractivity contribution in [2.75, 3.05) is 33.3 Å². The van der Waals surface area contributed by atoms with Crippen molar-refractivity contribution < 1.29 is 14.5 Å². The fourth-order valence-corrected chi connectivity index (χ4v) is 3.16. The number of carbonyl (C=O) groups excluding carboxylic acids is 1. The number of hydrogen-bond acceptors (Lipinski definition) is 5. The van der Waals surface area contributed by atoms with Gasteiger partial charge in [0.15, 0.2) is 0 Å². The van der Waals surface area contributed by atoms with Crippen LogP contribution in [0.3, 0.4) is 0 Å². The van der Waals surface area contributed by atoms with Crippen LogP contribution in [-0.2, 0) is 6.54 Å². The zero-order valence-electron chi connectivity index (χ0n) is 14.6. The van der Waals surface area contributed by atoms with Gasteiger partial charge in [0.1, 0.15) is 5.75 Å². The van der Waals surface area contributed by atoms with Crippen LogP contribution in [0.25, 0.3) is 0 Å². The molecule has 2 aromatic carbocycles. The number of nitrogens with zero attached hydrogens (tertiary/aromatic N) is 3. The van der Waals surface area contributed by atoms with Gasteiger partial charge in [0.05, 0.1) is 17.6 Å². The Kier molecular flexibility index (Phi) is 5.48. The minimum atomic E-state index is -0.350. The molecular weight excluding hydrogens is 334 g/mol. The molecule has 0 atom stereocenters. The molecule has 3 rings (SSSR count). The summed E-state index contributed by atoms with van der Waals surface area (Å²) in [5.74, 6) is 0.521. The van der Waals surface area contributed by atoms with Crippen molar-refractivity contribution in [3.63, 3.8) is 0 Å². The number of methoxy groups -OCH3 is 1. The molecule has 1 amide bonds. The molecule has 0 aromatic heterocycles. The molecule has 0 unspecified atom stereocenters. The summed E-state index contributed by atoms with van der Waals surface area (Å²) in [4.78, 5) is 27.5. The average molecular weight is 355 g/mol. The molecule has 1 saturated heterocycles. The number of nitro benzene ring substituents is 1. The second-order valence-corrected chi connectivity index (χ2v) is 6.15. The number of rotatable bonds is 5. The fourth-order valence-electron chi connectivity index (χ4n) is 3.16. The van der Waals surface area contributed by atoms with Crippen molar-refractivity contribution in [2.45, 2.75) is 6.54 Å². The summed E-state index contributed by atoms with van der Waals surface area (Å²) in [6, 6.07) is 14.0. The Morgan fingerprint density at radius 3 is 2.42 bits per heavy atom. The van der Waals surface area contributed by atoms with Crippen LogP contribution >= 0.6 is 0 Å². The van der Waals surface area contributed by atoms with Crippen molar-refractivity contribution >= 4 is 11.6 Å². The fraction of sp³-hybridized carbons (Fsp3) is 0.316. The maximum Gasteiger partial charge on any atom is 0.273 e. The van der Waals surface area contributed by atoms with Crippen LogP contribution in [0, 0.1) is 10.1 Å². The van der Waals surface area contributed by atoms with E-state index in [1.807, 2.05) is 18.2 Å². The van der Waals surface area contributed by atoms with Gasteiger partial charge in [-0.05, 0) is 12.1 Å². The Balaban J connectivity index is 1.63. The van der Waals surface area contributed by atoms with E-state index in [0.717, 1.165) is 0 Å². The molecule has 0 N–H and O–H groups in total. The minimum Gasteiger partial charge on any atom is -0.496 e. The molecule has 1 heterocycles. The van der Waals surface area contributed by atoms with Crippen LogP contribution in [0.5, 0.6) is 5.75 Å². The van der Waals surface area contributed by atoms with Crippen molar-refractivity contribution in [2.24, 2.45) is 0 Å². The quantitative estimate of drug-likeness (QED) is 0.609. The van der Waals surface area contributed by atoms with Gasteiger partial charge in [0, 0.05) is 44.4 Å². The van der Waals surface area contributed by atoms with E-state index in [-0.39, 0.29) is 16.5 Å². The molecule has 7 nitrogen and oxygen atoms in total. The Morgan fingerprint density at radius 1 is 1.08 bits per heavy atom. The van der Waals surface area contributed by atoms with Gasteiger partial charge in [-0.15, -0.1) is 0 Å². The highest BCUT2D eigenvalue weighted by molar-refractivity contribution is 5.97. The summed E-state index contributed by atoms with van der Waals surface area (Å²) >= 11 is 0. The number of para-hydroxylation sites is 2. The molecule has 1 fully saturated rings. The van der Waals surface area contributed by atoms with E-state index in [0.29, 0.717) is 49.6 Å². The van der Waals surface area contributed by atoms with Gasteiger partial charge in [-0.3, -0.25) is 19.8 Å². The second-order valence-electron chi connectivity index (χ2n) is 6.15. The number of carbonyl (C=O) groups is 1. The maximum atomic E-state index is 12.7. The number of piperazine rings is 1. The summed E-state index contributed by atoms with van der Waals surface area (Å²) in [7, 11) is 1.55. The topological polar surface area (TPSA) is 75.9 Å². The van der Waals surface area contributed by atoms with Crippen LogP contribution in [0.1, 0.15) is 15.9 Å². The van der Waals surface area contributed by atoms with Gasteiger partial charge in [0.25, 0.3) is 11.6 Å². The summed E-state index contributed by atoms with van der Waals surface area (Å²) in [6.45, 7) is 3.02. The molecule has 136 valence electrons. The Bertz CT molecular complexity index is 801. The van der Waals surface area contributed by atoms with Crippen LogP contribution < -0.4 is 4.74 Å². The van der Waals surface area contributed by atoms with Crippen molar-refractivity contribution in [3.05, 3.63) is 69.8 Å². The first-order valence-electron chi connectivity index (χ1n) is 8.47. The van der Waals surface area contributed by atoms with Gasteiger partial charge in [-0.25, -0.2) is 0 Å². The number of hydrogen-bond donors (Lipinski definition) is 0. The zero-order valence-corrected chi connectivity index (χ0v) is 14.6. The first-order valence-corrected chi connectivity index (χ1v) is 8.47. The molecule has 26 heavy (non-hydrogen) atoms. The molecule has 0 radical (unpaired) electrons. The van der Waals surface area contributed by atoms with Gasteiger partial charge in [-0.2, -0.15) is 0 Å². The first-order chi connectivity index (χ1) is 12.6. The Morgan fingerprint density at radius 2 is 1.73 bits per heavy atom. The molecule has 0 aliphatic carbocycles. The Labute approximate surface area is 151 Å². The highest BCUT2D eigenvalue weighted by atomic mass is 16.6. The molecule has 0 bridgehead atoms. The largest absolute Gasteiger partial charge is 0.496 e. The van der Waals surface area contributed by atoms with Crippen LogP contribution in [-0.4, -0.2) is 53.9 Å². The Hall–Kier alpha value is -2.93. The summed E-state index contributed by atoms with van der Waals surface area (Å²) in [5.41, 5.74) is 1.39. The predicted octanol–water partition coefficient (Wildman–Crippen LogP) is 2.56. The normalized spacial score (nSPS) is 14.9. The standard InChI is InChI=1S/C19H21N3O4/c1-26-18-9-5-3-7-16(18)19(23)21-12-10-20(11-13-21)14-15-6-2-4-8-17(15)22(24)25/h2-9H,10-14H2,1H3. The van der Waals surface area contributed by atoms with Crippen molar-refractivity contribution in [3.8, 4) is 5.75 Å². The van der Waals surface area contributed by atoms with Gasteiger partial charge >= 0.3 is 0 Å². The lowest BCUT2D eigenvalue weighted by atomic mass is 10.1. The molecule has 1 aliphatic heterocycles. The lowest BCUT2D eigenvalue weighted by Gasteiger charge is -2.34. The van der Waals surface area contributed by atoms with Crippen LogP contribution in [0.15, 0.2) is 48.5 Å². The second kappa shape index (κ2) is 7.97. The number of benzene rings is 2. The molecule has 0 spiro atoms. The predicted molar refractivity (Wildman–Crippen MR) is 97.3 cm³/mol. The van der Waals surface area contributed by atoms with Gasteiger partial charge in [0.2, 0.25) is 0 Å². The monoisotopic (exact) mass is 355 g/mol. The lowest BCUT2D eigenvalue weighted by molar-refractivity contribution is -0.385. The number of amides is 1. The van der Waals surface area contributed by atoms with E-state index in [9.17, 15) is 14.9 Å². The van der Waals surface area contributed by atoms with Gasteiger partial charge in [-0.1, -0.05) is 30.3 Å². The maximum absolute atomic E-state index is 12.7. The van der Waals surface area contributed by atoms with Crippen molar-refractivity contribution in [1.82, 2.24) is 9.80 Å². The van der Waals surface area contributed by atoms with Crippen LogP contribution in [0.4, 0.5) is 5.69 Å². The summed E-state index contributed by atoms with van der Waals surface area (Å²) in [5, 5.41) is 11.1. The third kappa shape index (κ3) is 3.83. The number of nitro groups is 1. The zero-order chi connectivity index (χ0) is 18.5. The van der Waals surface area contributed by atoms with E-state index in [1.165, 1.54) is 6.07 Å². The van der Waals surface area contributed by atoms with Gasteiger partial charge < -0.3 is 9.64 Å². The highest BCUT2D eigenvalue weighted by Crippen LogP contribution is 2.22. The van der Waals surface area contributed by atoms with Crippen molar-refractivity contribution in [1.29, 1.82) is 0 Å². The molecule has 7 heteroatoms. The smallest absolute Gasteiger partial charge is 0.273 e. The third-order valence-electron chi connectivity index (χ3n) is 4.58. The lowest BCUT2D eigenvalue weighted by Crippen LogP contribution is -2.48. The molecule has 2 aromatic rings. The van der Waals surface area contributed by atoms with E-state index >= 15 is 0 Å². The summed E-state index contributed by atoms with van der Waals surface area (Å²) in [6.07, 6.45) is 0. The SMILES string of the molecule is COc1ccccc1C(=O)N1CCN(Cc2ccccc2[N+](=O)[O-])CC1. The summed E-state index contributed by atoms with van der Waals surface area (Å²) < 4.78 is 5.27.